The standard InChI is InChI=1S/C14H10N2O2S2/c17-9-3-1-8(2-4-9)12-6-5-10(20-12)7-11-13(18)16-14(19)15-11/h1-7,17H,(H2,15,16,18,19). The van der Waals surface area contributed by atoms with Crippen LogP contribution in [0.3, 0.4) is 0 Å². The fraction of sp³-hybridized carbons (Fsp3) is 0. The Morgan fingerprint density at radius 3 is 2.50 bits per heavy atom. The number of nitrogens with one attached hydrogen (secondary N) is 2. The van der Waals surface area contributed by atoms with Gasteiger partial charge in [-0.15, -0.1) is 11.3 Å². The van der Waals surface area contributed by atoms with Crippen molar-refractivity contribution in [3.63, 3.8) is 0 Å². The van der Waals surface area contributed by atoms with E-state index in [-0.39, 0.29) is 11.7 Å². The Labute approximate surface area is 124 Å². The first kappa shape index (κ1) is 12.8. The predicted octanol–water partition coefficient (Wildman–Crippen LogP) is 2.47. The minimum Gasteiger partial charge on any atom is -0.508 e. The second-order valence-electron chi connectivity index (χ2n) is 4.22. The summed E-state index contributed by atoms with van der Waals surface area (Å²) in [4.78, 5) is 13.6. The Kier molecular flexibility index (Phi) is 3.25. The third-order valence-electron chi connectivity index (χ3n) is 2.79. The van der Waals surface area contributed by atoms with Crippen LogP contribution in [-0.2, 0) is 4.79 Å². The molecule has 0 bridgehead atoms. The summed E-state index contributed by atoms with van der Waals surface area (Å²) in [5, 5.41) is 14.9. The molecule has 6 heteroatoms. The molecule has 1 aliphatic rings. The van der Waals surface area contributed by atoms with E-state index in [1.165, 1.54) is 0 Å². The Bertz CT molecular complexity index is 717. The molecular weight excluding hydrogens is 292 g/mol. The van der Waals surface area contributed by atoms with Crippen LogP contribution in [-0.4, -0.2) is 16.1 Å². The van der Waals surface area contributed by atoms with E-state index in [4.69, 9.17) is 12.2 Å². The van der Waals surface area contributed by atoms with Crippen molar-refractivity contribution >= 4 is 40.7 Å². The minimum absolute atomic E-state index is 0.213. The summed E-state index contributed by atoms with van der Waals surface area (Å²) in [6.45, 7) is 0. The molecule has 1 saturated heterocycles. The highest BCUT2D eigenvalue weighted by Crippen LogP contribution is 2.30. The fourth-order valence-electron chi connectivity index (χ4n) is 1.84. The van der Waals surface area contributed by atoms with Crippen LogP contribution in [0.15, 0.2) is 42.1 Å². The lowest BCUT2D eigenvalue weighted by atomic mass is 10.2. The van der Waals surface area contributed by atoms with Crippen molar-refractivity contribution in [3.8, 4) is 16.2 Å². The van der Waals surface area contributed by atoms with Gasteiger partial charge >= 0.3 is 0 Å². The molecule has 1 fully saturated rings. The van der Waals surface area contributed by atoms with Crippen molar-refractivity contribution in [2.24, 2.45) is 0 Å². The third kappa shape index (κ3) is 2.56. The van der Waals surface area contributed by atoms with Crippen LogP contribution in [0, 0.1) is 0 Å². The van der Waals surface area contributed by atoms with Gasteiger partial charge in [-0.2, -0.15) is 0 Å². The SMILES string of the molecule is O=C1NC(=S)NC1=Cc1ccc(-c2ccc(O)cc2)s1. The van der Waals surface area contributed by atoms with Gasteiger partial charge in [0.2, 0.25) is 0 Å². The molecule has 0 unspecified atom stereocenters. The molecule has 0 atom stereocenters. The van der Waals surface area contributed by atoms with Gasteiger partial charge in [-0.3, -0.25) is 10.1 Å². The van der Waals surface area contributed by atoms with Crippen LogP contribution < -0.4 is 10.6 Å². The Balaban J connectivity index is 1.87. The molecule has 20 heavy (non-hydrogen) atoms. The number of benzene rings is 1. The number of carbonyl (C=O) groups is 1. The zero-order valence-electron chi connectivity index (χ0n) is 10.2. The average Bonchev–Trinajstić information content (AvgIpc) is 2.98. The molecule has 3 rings (SSSR count). The molecule has 2 aromatic rings. The third-order valence-corrected chi connectivity index (χ3v) is 4.07. The lowest BCUT2D eigenvalue weighted by molar-refractivity contribution is -0.115. The minimum atomic E-state index is -0.213. The molecule has 0 aliphatic carbocycles. The Hall–Kier alpha value is -2.18. The number of thiocarbonyl (C=S) groups is 1. The number of phenolic OH excluding ortho intramolecular Hbond substituents is 1. The maximum atomic E-state index is 11.6. The molecule has 3 N–H and O–H groups in total. The quantitative estimate of drug-likeness (QED) is 0.589. The van der Waals surface area contributed by atoms with Gasteiger partial charge in [0.25, 0.3) is 5.91 Å². The summed E-state index contributed by atoms with van der Waals surface area (Å²) < 4.78 is 0. The lowest BCUT2D eigenvalue weighted by Crippen LogP contribution is -2.21. The molecule has 1 aromatic carbocycles. The highest BCUT2D eigenvalue weighted by atomic mass is 32.1. The number of hydrogen-bond acceptors (Lipinski definition) is 4. The highest BCUT2D eigenvalue weighted by Gasteiger charge is 2.20. The maximum Gasteiger partial charge on any atom is 0.273 e. The van der Waals surface area contributed by atoms with E-state index in [1.54, 1.807) is 29.5 Å². The molecule has 0 spiro atoms. The van der Waals surface area contributed by atoms with Gasteiger partial charge in [-0.1, -0.05) is 0 Å². The summed E-state index contributed by atoms with van der Waals surface area (Å²) >= 11 is 6.44. The zero-order chi connectivity index (χ0) is 14.1. The molecule has 1 aromatic heterocycles. The van der Waals surface area contributed by atoms with Gasteiger partial charge in [-0.05, 0) is 60.3 Å². The maximum absolute atomic E-state index is 11.6. The van der Waals surface area contributed by atoms with Gasteiger partial charge in [-0.25, -0.2) is 0 Å². The van der Waals surface area contributed by atoms with E-state index >= 15 is 0 Å². The van der Waals surface area contributed by atoms with E-state index in [2.05, 4.69) is 10.6 Å². The molecule has 1 amide bonds. The number of phenols is 1. The van der Waals surface area contributed by atoms with Crippen LogP contribution in [0.25, 0.3) is 16.5 Å². The molecule has 1 aliphatic heterocycles. The van der Waals surface area contributed by atoms with E-state index < -0.39 is 0 Å². The molecule has 4 nitrogen and oxygen atoms in total. The summed E-state index contributed by atoms with van der Waals surface area (Å²) in [6, 6.07) is 10.9. The normalized spacial score (nSPS) is 16.3. The second-order valence-corrected chi connectivity index (χ2v) is 5.74. The Morgan fingerprint density at radius 1 is 1.10 bits per heavy atom. The summed E-state index contributed by atoms with van der Waals surface area (Å²) in [5.74, 6) is 0.0302. The van der Waals surface area contributed by atoms with E-state index in [0.717, 1.165) is 15.3 Å². The van der Waals surface area contributed by atoms with Gasteiger partial charge < -0.3 is 10.4 Å². The van der Waals surface area contributed by atoms with Crippen molar-refractivity contribution in [1.29, 1.82) is 0 Å². The number of carbonyl (C=O) groups excluding carboxylic acids is 1. The largest absolute Gasteiger partial charge is 0.508 e. The van der Waals surface area contributed by atoms with Gasteiger partial charge in [0.05, 0.1) is 0 Å². The van der Waals surface area contributed by atoms with E-state index in [9.17, 15) is 9.90 Å². The van der Waals surface area contributed by atoms with Gasteiger partial charge in [0, 0.05) is 9.75 Å². The highest BCUT2D eigenvalue weighted by molar-refractivity contribution is 7.80. The number of thiophene rings is 1. The number of hydrogen-bond donors (Lipinski definition) is 3. The van der Waals surface area contributed by atoms with Crippen molar-refractivity contribution in [2.75, 3.05) is 0 Å². The van der Waals surface area contributed by atoms with Crippen molar-refractivity contribution in [2.45, 2.75) is 0 Å². The van der Waals surface area contributed by atoms with Crippen LogP contribution in [0.5, 0.6) is 5.75 Å². The van der Waals surface area contributed by atoms with Crippen LogP contribution in [0.1, 0.15) is 4.88 Å². The summed E-state index contributed by atoms with van der Waals surface area (Å²) in [6.07, 6.45) is 1.77. The lowest BCUT2D eigenvalue weighted by Gasteiger charge is -1.97. The molecule has 0 saturated carbocycles. The first-order valence-electron chi connectivity index (χ1n) is 5.85. The molecular formula is C14H10N2O2S2. The monoisotopic (exact) mass is 302 g/mol. The van der Waals surface area contributed by atoms with Crippen molar-refractivity contribution in [3.05, 3.63) is 47.0 Å². The zero-order valence-corrected chi connectivity index (χ0v) is 11.8. The first-order chi connectivity index (χ1) is 9.61. The summed E-state index contributed by atoms with van der Waals surface area (Å²) in [5.41, 5.74) is 1.48. The van der Waals surface area contributed by atoms with E-state index in [1.807, 2.05) is 24.3 Å². The van der Waals surface area contributed by atoms with E-state index in [0.29, 0.717) is 10.8 Å². The first-order valence-corrected chi connectivity index (χ1v) is 7.07. The summed E-state index contributed by atoms with van der Waals surface area (Å²) in [7, 11) is 0. The van der Waals surface area contributed by atoms with Crippen molar-refractivity contribution in [1.82, 2.24) is 10.6 Å². The van der Waals surface area contributed by atoms with Gasteiger partial charge in [0.1, 0.15) is 11.4 Å². The molecule has 0 radical (unpaired) electrons. The fourth-order valence-corrected chi connectivity index (χ4v) is 3.00. The van der Waals surface area contributed by atoms with Gasteiger partial charge in [0.15, 0.2) is 5.11 Å². The Morgan fingerprint density at radius 2 is 1.85 bits per heavy atom. The predicted molar refractivity (Wildman–Crippen MR) is 83.3 cm³/mol. The number of aromatic hydroxyl groups is 1. The average molecular weight is 302 g/mol. The number of rotatable bonds is 2. The second kappa shape index (κ2) is 5.07. The van der Waals surface area contributed by atoms with Crippen LogP contribution in [0.4, 0.5) is 0 Å². The molecule has 2 heterocycles. The number of amides is 1. The van der Waals surface area contributed by atoms with Crippen molar-refractivity contribution < 1.29 is 9.90 Å². The topological polar surface area (TPSA) is 61.4 Å². The van der Waals surface area contributed by atoms with Crippen LogP contribution in [0.2, 0.25) is 0 Å². The van der Waals surface area contributed by atoms with Crippen LogP contribution >= 0.6 is 23.6 Å². The smallest absolute Gasteiger partial charge is 0.273 e. The molecule has 100 valence electrons.